The molecule has 0 aromatic heterocycles. The minimum Gasteiger partial charge on any atom is -0.481 e. The van der Waals surface area contributed by atoms with E-state index in [0.29, 0.717) is 22.1 Å². The van der Waals surface area contributed by atoms with E-state index in [-0.39, 0.29) is 0 Å². The van der Waals surface area contributed by atoms with Crippen LogP contribution < -0.4 is 14.9 Å². The number of aryl methyl sites for hydroxylation is 1. The first-order chi connectivity index (χ1) is 14.9. The zero-order valence-corrected chi connectivity index (χ0v) is 17.8. The minimum absolute atomic E-state index is 0.394. The third-order valence-corrected chi connectivity index (χ3v) is 4.51. The van der Waals surface area contributed by atoms with E-state index in [2.05, 4.69) is 10.5 Å². The molecule has 7 heteroatoms. The van der Waals surface area contributed by atoms with Crippen molar-refractivity contribution in [1.82, 2.24) is 5.43 Å². The molecule has 31 heavy (non-hydrogen) atoms. The Kier molecular flexibility index (Phi) is 7.40. The summed E-state index contributed by atoms with van der Waals surface area (Å²) in [6.07, 6.45) is 0.750. The second-order valence-electron chi connectivity index (χ2n) is 6.77. The molecule has 1 N–H and O–H groups in total. The van der Waals surface area contributed by atoms with Gasteiger partial charge in [0.05, 0.1) is 11.8 Å². The van der Waals surface area contributed by atoms with Crippen LogP contribution in [-0.4, -0.2) is 24.2 Å². The van der Waals surface area contributed by atoms with Crippen molar-refractivity contribution in [3.05, 3.63) is 94.5 Å². The number of esters is 1. The Morgan fingerprint density at radius 1 is 0.935 bits per heavy atom. The fraction of sp³-hybridized carbons (Fsp3) is 0.125. The molecule has 0 aliphatic rings. The normalized spacial score (nSPS) is 11.7. The van der Waals surface area contributed by atoms with E-state index in [1.54, 1.807) is 67.6 Å². The highest BCUT2D eigenvalue weighted by molar-refractivity contribution is 6.30. The number of halogens is 1. The summed E-state index contributed by atoms with van der Waals surface area (Å²) in [7, 11) is 0. The van der Waals surface area contributed by atoms with Crippen LogP contribution in [0.15, 0.2) is 77.9 Å². The molecule has 0 radical (unpaired) electrons. The van der Waals surface area contributed by atoms with Gasteiger partial charge in [0.2, 0.25) is 0 Å². The van der Waals surface area contributed by atoms with E-state index in [1.165, 1.54) is 6.21 Å². The van der Waals surface area contributed by atoms with Crippen molar-refractivity contribution in [2.75, 3.05) is 0 Å². The molecule has 0 unspecified atom stereocenters. The molecule has 3 aromatic rings. The lowest BCUT2D eigenvalue weighted by Gasteiger charge is -2.12. The maximum absolute atomic E-state index is 12.2. The molecule has 0 aliphatic heterocycles. The van der Waals surface area contributed by atoms with Crippen molar-refractivity contribution in [3.8, 4) is 11.5 Å². The number of rotatable bonds is 7. The van der Waals surface area contributed by atoms with Crippen molar-refractivity contribution >= 4 is 29.7 Å². The van der Waals surface area contributed by atoms with Gasteiger partial charge in [0, 0.05) is 5.02 Å². The van der Waals surface area contributed by atoms with Gasteiger partial charge in [0.25, 0.3) is 5.91 Å². The number of carbonyl (C=O) groups excluding carboxylic acids is 2. The lowest BCUT2D eigenvalue weighted by Crippen LogP contribution is -2.33. The quantitative estimate of drug-likeness (QED) is 0.250. The Labute approximate surface area is 185 Å². The molecule has 3 aromatic carbocycles. The van der Waals surface area contributed by atoms with Crippen LogP contribution in [0.4, 0.5) is 0 Å². The van der Waals surface area contributed by atoms with Crippen LogP contribution in [-0.2, 0) is 4.79 Å². The molecule has 0 saturated carbocycles. The van der Waals surface area contributed by atoms with Crippen LogP contribution in [0.5, 0.6) is 11.5 Å². The Morgan fingerprint density at radius 2 is 1.55 bits per heavy atom. The van der Waals surface area contributed by atoms with Gasteiger partial charge in [0.1, 0.15) is 11.5 Å². The summed E-state index contributed by atoms with van der Waals surface area (Å²) in [5.41, 5.74) is 4.70. The van der Waals surface area contributed by atoms with Gasteiger partial charge in [-0.3, -0.25) is 4.79 Å². The smallest absolute Gasteiger partial charge is 0.343 e. The molecule has 3 rings (SSSR count). The van der Waals surface area contributed by atoms with E-state index in [1.807, 2.05) is 19.1 Å². The minimum atomic E-state index is -0.734. The molecule has 6 nitrogen and oxygen atoms in total. The highest BCUT2D eigenvalue weighted by atomic mass is 35.5. The SMILES string of the molecule is Cc1ccc(C(=O)Oc2ccc(/C=N\NC(=O)[C@H](C)Oc3ccc(Cl)cc3)cc2)cc1. The summed E-state index contributed by atoms with van der Waals surface area (Å²) < 4.78 is 10.9. The lowest BCUT2D eigenvalue weighted by atomic mass is 10.1. The van der Waals surface area contributed by atoms with Crippen LogP contribution in [0, 0.1) is 6.92 Å². The molecule has 158 valence electrons. The average Bonchev–Trinajstić information content (AvgIpc) is 2.77. The first-order valence-electron chi connectivity index (χ1n) is 9.55. The van der Waals surface area contributed by atoms with Gasteiger partial charge in [-0.05, 0) is 80.1 Å². The first-order valence-corrected chi connectivity index (χ1v) is 9.92. The predicted molar refractivity (Wildman–Crippen MR) is 120 cm³/mol. The number of amides is 1. The Balaban J connectivity index is 1.49. The molecule has 0 bridgehead atoms. The molecule has 0 fully saturated rings. The second kappa shape index (κ2) is 10.4. The maximum Gasteiger partial charge on any atom is 0.343 e. The predicted octanol–water partition coefficient (Wildman–Crippen LogP) is 4.79. The lowest BCUT2D eigenvalue weighted by molar-refractivity contribution is -0.127. The summed E-state index contributed by atoms with van der Waals surface area (Å²) in [5, 5.41) is 4.52. The summed E-state index contributed by atoms with van der Waals surface area (Å²) in [5.74, 6) is 0.127. The fourth-order valence-corrected chi connectivity index (χ4v) is 2.64. The van der Waals surface area contributed by atoms with Gasteiger partial charge in [-0.25, -0.2) is 10.2 Å². The number of hydrogen-bond donors (Lipinski definition) is 1. The maximum atomic E-state index is 12.2. The van der Waals surface area contributed by atoms with Crippen molar-refractivity contribution < 1.29 is 19.1 Å². The third kappa shape index (κ3) is 6.69. The van der Waals surface area contributed by atoms with E-state index >= 15 is 0 Å². The molecular formula is C24H21ClN2O4. The van der Waals surface area contributed by atoms with E-state index in [0.717, 1.165) is 11.1 Å². The molecule has 1 amide bonds. The van der Waals surface area contributed by atoms with Gasteiger partial charge in [-0.1, -0.05) is 29.3 Å². The van der Waals surface area contributed by atoms with Gasteiger partial charge < -0.3 is 9.47 Å². The Bertz CT molecular complexity index is 1060. The standard InChI is InChI=1S/C24H21ClN2O4/c1-16-3-7-19(8-4-16)24(29)31-22-11-5-18(6-12-22)15-26-27-23(28)17(2)30-21-13-9-20(25)10-14-21/h3-15,17H,1-2H3,(H,27,28)/b26-15-/t17-/m0/s1. The Morgan fingerprint density at radius 3 is 2.19 bits per heavy atom. The first kappa shape index (κ1) is 22.1. The van der Waals surface area contributed by atoms with Crippen LogP contribution in [0.1, 0.15) is 28.4 Å². The van der Waals surface area contributed by atoms with Crippen molar-refractivity contribution in [2.45, 2.75) is 20.0 Å². The van der Waals surface area contributed by atoms with Gasteiger partial charge >= 0.3 is 5.97 Å². The van der Waals surface area contributed by atoms with E-state index in [4.69, 9.17) is 21.1 Å². The molecular weight excluding hydrogens is 416 g/mol. The fourth-order valence-electron chi connectivity index (χ4n) is 2.51. The van der Waals surface area contributed by atoms with Crippen molar-refractivity contribution in [3.63, 3.8) is 0 Å². The second-order valence-corrected chi connectivity index (χ2v) is 7.21. The summed E-state index contributed by atoms with van der Waals surface area (Å²) in [6, 6.07) is 20.6. The van der Waals surface area contributed by atoms with Crippen LogP contribution >= 0.6 is 11.6 Å². The highest BCUT2D eigenvalue weighted by Gasteiger charge is 2.13. The molecule has 1 atom stereocenters. The number of nitrogens with one attached hydrogen (secondary N) is 1. The van der Waals surface area contributed by atoms with Crippen LogP contribution in [0.2, 0.25) is 5.02 Å². The molecule has 0 saturated heterocycles. The van der Waals surface area contributed by atoms with Crippen LogP contribution in [0.25, 0.3) is 0 Å². The molecule has 0 spiro atoms. The van der Waals surface area contributed by atoms with Crippen LogP contribution in [0.3, 0.4) is 0 Å². The zero-order chi connectivity index (χ0) is 22.2. The number of hydrazone groups is 1. The van der Waals surface area contributed by atoms with Gasteiger partial charge in [-0.15, -0.1) is 0 Å². The highest BCUT2D eigenvalue weighted by Crippen LogP contribution is 2.17. The topological polar surface area (TPSA) is 77.0 Å². The number of carbonyl (C=O) groups is 2. The number of nitrogens with zero attached hydrogens (tertiary/aromatic N) is 1. The van der Waals surface area contributed by atoms with Gasteiger partial charge in [-0.2, -0.15) is 5.10 Å². The largest absolute Gasteiger partial charge is 0.481 e. The summed E-state index contributed by atoms with van der Waals surface area (Å²) in [6.45, 7) is 3.57. The van der Waals surface area contributed by atoms with Gasteiger partial charge in [0.15, 0.2) is 6.10 Å². The monoisotopic (exact) mass is 436 g/mol. The van der Waals surface area contributed by atoms with E-state index < -0.39 is 18.0 Å². The average molecular weight is 437 g/mol. The van der Waals surface area contributed by atoms with Crippen molar-refractivity contribution in [1.29, 1.82) is 0 Å². The number of hydrogen-bond acceptors (Lipinski definition) is 5. The molecule has 0 heterocycles. The zero-order valence-electron chi connectivity index (χ0n) is 17.0. The number of ether oxygens (including phenoxy) is 2. The van der Waals surface area contributed by atoms with E-state index in [9.17, 15) is 9.59 Å². The summed E-state index contributed by atoms with van der Waals surface area (Å²) >= 11 is 5.83. The third-order valence-electron chi connectivity index (χ3n) is 4.26. The van der Waals surface area contributed by atoms with Crippen molar-refractivity contribution in [2.24, 2.45) is 5.10 Å². The Hall–Kier alpha value is -3.64. The summed E-state index contributed by atoms with van der Waals surface area (Å²) in [4.78, 5) is 24.3. The molecule has 0 aliphatic carbocycles. The number of benzene rings is 3.